The molecule has 5 rings (SSSR count). The Kier molecular flexibility index (Phi) is 5.01. The van der Waals surface area contributed by atoms with Crippen LogP contribution in [0.4, 0.5) is 19.0 Å². The lowest BCUT2D eigenvalue weighted by Gasteiger charge is -2.32. The maximum atomic E-state index is 13.2. The van der Waals surface area contributed by atoms with Crippen molar-refractivity contribution in [2.24, 2.45) is 7.05 Å². The average molecular weight is 491 g/mol. The van der Waals surface area contributed by atoms with E-state index < -0.39 is 21.6 Å². The summed E-state index contributed by atoms with van der Waals surface area (Å²) in [5, 5.41) is 3.32. The Labute approximate surface area is 193 Å². The number of hydrogen-bond donors (Lipinski definition) is 1. The van der Waals surface area contributed by atoms with E-state index in [4.69, 9.17) is 0 Å². The van der Waals surface area contributed by atoms with Crippen LogP contribution < -0.4 is 15.8 Å². The van der Waals surface area contributed by atoms with E-state index in [1.165, 1.54) is 10.6 Å². The first kappa shape index (κ1) is 22.5. The summed E-state index contributed by atoms with van der Waals surface area (Å²) in [6.07, 6.45) is 3.20. The number of aromatic nitrogens is 2. The van der Waals surface area contributed by atoms with Crippen LogP contribution in [0, 0.1) is 0 Å². The van der Waals surface area contributed by atoms with E-state index in [1.807, 2.05) is 0 Å². The van der Waals surface area contributed by atoms with Crippen molar-refractivity contribution in [2.45, 2.75) is 18.6 Å². The van der Waals surface area contributed by atoms with E-state index in [9.17, 15) is 26.4 Å². The van der Waals surface area contributed by atoms with Crippen LogP contribution in [-0.4, -0.2) is 42.6 Å². The smallest absolute Gasteiger partial charge is 0.384 e. The minimum absolute atomic E-state index is 0.256. The molecule has 0 saturated heterocycles. The van der Waals surface area contributed by atoms with Gasteiger partial charge in [-0.2, -0.15) is 13.2 Å². The quantitative estimate of drug-likeness (QED) is 0.713. The second-order valence-electron chi connectivity index (χ2n) is 8.67. The lowest BCUT2D eigenvalue weighted by atomic mass is 9.92. The van der Waals surface area contributed by atoms with Crippen molar-refractivity contribution in [3.63, 3.8) is 0 Å². The van der Waals surface area contributed by atoms with Crippen molar-refractivity contribution in [3.8, 4) is 0 Å². The largest absolute Gasteiger partial charge is 0.417 e. The number of sulfone groups is 1. The van der Waals surface area contributed by atoms with Gasteiger partial charge in [-0.3, -0.25) is 4.79 Å². The predicted octanol–water partition coefficient (Wildman–Crippen LogP) is 2.72. The number of allylic oxidation sites excluding steroid dienone is 1. The summed E-state index contributed by atoms with van der Waals surface area (Å²) >= 11 is 0. The lowest BCUT2D eigenvalue weighted by molar-refractivity contribution is -0.137. The van der Waals surface area contributed by atoms with Crippen molar-refractivity contribution in [3.05, 3.63) is 81.1 Å². The second kappa shape index (κ2) is 7.59. The summed E-state index contributed by atoms with van der Waals surface area (Å²) in [5.74, 6) is 0.0837. The van der Waals surface area contributed by atoms with Crippen molar-refractivity contribution < 1.29 is 21.6 Å². The fraction of sp³-hybridized carbons (Fsp3) is 0.304. The molecule has 2 aliphatic heterocycles. The van der Waals surface area contributed by atoms with Gasteiger partial charge < -0.3 is 14.8 Å². The molecule has 0 amide bonds. The highest BCUT2D eigenvalue weighted by molar-refractivity contribution is 7.91. The third-order valence-corrected chi connectivity index (χ3v) is 7.03. The Morgan fingerprint density at radius 2 is 2.00 bits per heavy atom. The van der Waals surface area contributed by atoms with Gasteiger partial charge in [-0.1, -0.05) is 0 Å². The number of alkyl halides is 3. The Morgan fingerprint density at radius 3 is 2.65 bits per heavy atom. The monoisotopic (exact) mass is 490 g/mol. The average Bonchev–Trinajstić information content (AvgIpc) is 3.06. The Morgan fingerprint density at radius 1 is 1.24 bits per heavy atom. The molecule has 0 radical (unpaired) electrons. The molecule has 178 valence electrons. The van der Waals surface area contributed by atoms with Gasteiger partial charge in [-0.15, -0.1) is 0 Å². The van der Waals surface area contributed by atoms with Crippen molar-refractivity contribution >= 4 is 26.9 Å². The molecular weight excluding hydrogens is 469 g/mol. The first-order valence-electron chi connectivity index (χ1n) is 10.5. The van der Waals surface area contributed by atoms with Gasteiger partial charge in [0, 0.05) is 44.0 Å². The van der Waals surface area contributed by atoms with Crippen LogP contribution in [0.2, 0.25) is 0 Å². The fourth-order valence-electron chi connectivity index (χ4n) is 4.74. The normalized spacial score (nSPS) is 19.7. The molecule has 1 atom stereocenters. The minimum atomic E-state index is -4.49. The Hall–Kier alpha value is -3.34. The first-order valence-corrected chi connectivity index (χ1v) is 12.6. The summed E-state index contributed by atoms with van der Waals surface area (Å²) in [6.45, 7) is 0.528. The number of hydrogen-bond acceptors (Lipinski definition) is 6. The predicted molar refractivity (Wildman–Crippen MR) is 122 cm³/mol. The zero-order valence-electron chi connectivity index (χ0n) is 18.3. The molecule has 0 fully saturated rings. The van der Waals surface area contributed by atoms with E-state index in [-0.39, 0.29) is 17.4 Å². The highest BCUT2D eigenvalue weighted by atomic mass is 32.2. The van der Waals surface area contributed by atoms with Crippen LogP contribution in [-0.2, 0) is 23.1 Å². The molecule has 4 heterocycles. The number of aryl methyl sites for hydroxylation is 1. The molecule has 1 unspecified atom stereocenters. The lowest BCUT2D eigenvalue weighted by Crippen LogP contribution is -2.39. The zero-order chi connectivity index (χ0) is 24.4. The maximum absolute atomic E-state index is 13.2. The van der Waals surface area contributed by atoms with Gasteiger partial charge in [0.1, 0.15) is 5.82 Å². The molecule has 1 N–H and O–H groups in total. The van der Waals surface area contributed by atoms with Crippen molar-refractivity contribution in [1.82, 2.24) is 14.9 Å². The summed E-state index contributed by atoms with van der Waals surface area (Å²) in [5.41, 5.74) is 2.46. The number of nitrogens with zero attached hydrogens (tertiary/aromatic N) is 3. The van der Waals surface area contributed by atoms with Crippen molar-refractivity contribution in [1.29, 1.82) is 0 Å². The Bertz CT molecular complexity index is 1450. The number of anilines is 1. The van der Waals surface area contributed by atoms with E-state index in [2.05, 4.69) is 10.3 Å². The van der Waals surface area contributed by atoms with Crippen LogP contribution in [0.5, 0.6) is 0 Å². The van der Waals surface area contributed by atoms with Crippen LogP contribution >= 0.6 is 0 Å². The topological polar surface area (TPSA) is 84.3 Å². The van der Waals surface area contributed by atoms with Gasteiger partial charge in [-0.05, 0) is 47.4 Å². The standard InChI is InChI=1S/C23H21F3N4O3S/c1-29-8-6-16-14(12-34(2,32)33)9-13-11-30(18-4-3-15(10-28-18)23(24,25)26)17-5-7-27-21(19(13)17)20(16)22(29)31/h3-4,6,8-11,17,27H,5,7,12H2,1-2H3. The van der Waals surface area contributed by atoms with Gasteiger partial charge >= 0.3 is 6.18 Å². The van der Waals surface area contributed by atoms with E-state index in [1.54, 1.807) is 36.5 Å². The molecule has 0 spiro atoms. The Balaban J connectivity index is 1.71. The van der Waals surface area contributed by atoms with Gasteiger partial charge in [0.05, 0.1) is 28.6 Å². The highest BCUT2D eigenvalue weighted by Crippen LogP contribution is 2.43. The van der Waals surface area contributed by atoms with Gasteiger partial charge in [0.25, 0.3) is 5.56 Å². The third-order valence-electron chi connectivity index (χ3n) is 6.20. The molecule has 7 nitrogen and oxygen atoms in total. The zero-order valence-corrected chi connectivity index (χ0v) is 19.2. The van der Waals surface area contributed by atoms with Crippen LogP contribution in [0.1, 0.15) is 23.1 Å². The summed E-state index contributed by atoms with van der Waals surface area (Å²) in [4.78, 5) is 19.0. The molecule has 0 bridgehead atoms. The molecule has 3 aliphatic rings. The third kappa shape index (κ3) is 3.73. The van der Waals surface area contributed by atoms with Crippen molar-refractivity contribution in [2.75, 3.05) is 23.5 Å². The molecule has 2 aromatic heterocycles. The second-order valence-corrected chi connectivity index (χ2v) is 10.8. The number of fused-ring (bicyclic) bond motifs is 2. The highest BCUT2D eigenvalue weighted by Gasteiger charge is 2.39. The summed E-state index contributed by atoms with van der Waals surface area (Å²) in [6, 6.07) is 3.79. The van der Waals surface area contributed by atoms with E-state index in [0.717, 1.165) is 24.1 Å². The van der Waals surface area contributed by atoms with E-state index in [0.29, 0.717) is 46.8 Å². The summed E-state index contributed by atoms with van der Waals surface area (Å²) < 4.78 is 64.9. The van der Waals surface area contributed by atoms with Gasteiger partial charge in [0.15, 0.2) is 9.84 Å². The minimum Gasteiger partial charge on any atom is -0.384 e. The number of halogens is 3. The van der Waals surface area contributed by atoms with Crippen LogP contribution in [0.15, 0.2) is 58.8 Å². The van der Waals surface area contributed by atoms with Crippen LogP contribution in [0.25, 0.3) is 11.3 Å². The number of pyridine rings is 2. The fourth-order valence-corrected chi connectivity index (χ4v) is 5.54. The van der Waals surface area contributed by atoms with Crippen LogP contribution in [0.3, 0.4) is 0 Å². The number of rotatable bonds is 3. The van der Waals surface area contributed by atoms with Gasteiger partial charge in [0.2, 0.25) is 0 Å². The molecule has 11 heteroatoms. The van der Waals surface area contributed by atoms with Gasteiger partial charge in [-0.25, -0.2) is 13.4 Å². The molecule has 34 heavy (non-hydrogen) atoms. The maximum Gasteiger partial charge on any atom is 0.417 e. The SMILES string of the molecule is Cn1ccc2c(c1=O)C1=C3C(=CN(c4ccc(C(F)(F)F)cn4)C3CCN1)C=C2CS(C)(=O)=O. The molecule has 2 aromatic rings. The molecule has 0 saturated carbocycles. The molecular formula is C23H21F3N4O3S. The first-order chi connectivity index (χ1) is 15.9. The molecule has 0 aromatic carbocycles. The number of nitrogens with one attached hydrogen (secondary N) is 1. The van der Waals surface area contributed by atoms with E-state index >= 15 is 0 Å². The summed E-state index contributed by atoms with van der Waals surface area (Å²) in [7, 11) is -1.79. The molecule has 1 aliphatic carbocycles.